The van der Waals surface area contributed by atoms with E-state index in [1.165, 1.54) is 11.3 Å². The zero-order valence-electron chi connectivity index (χ0n) is 15.0. The number of pyridine rings is 1. The number of hydrogen-bond acceptors (Lipinski definition) is 6. The van der Waals surface area contributed by atoms with Crippen LogP contribution >= 0.6 is 22.9 Å². The third-order valence-electron chi connectivity index (χ3n) is 4.82. The number of piperidine rings is 1. The number of nitrogens with zero attached hydrogens (tertiary/aromatic N) is 3. The van der Waals surface area contributed by atoms with Gasteiger partial charge in [-0.3, -0.25) is 4.79 Å². The Morgan fingerprint density at radius 1 is 1.25 bits per heavy atom. The van der Waals surface area contributed by atoms with E-state index >= 15 is 0 Å². The molecule has 1 amide bonds. The van der Waals surface area contributed by atoms with Crippen LogP contribution in [-0.4, -0.2) is 40.2 Å². The fraction of sp³-hybridized carbons (Fsp3) is 0.250. The van der Waals surface area contributed by atoms with Crippen molar-refractivity contribution in [2.45, 2.75) is 18.9 Å². The molecule has 1 saturated heterocycles. The Bertz CT molecular complexity index is 1010. The van der Waals surface area contributed by atoms with Crippen LogP contribution in [0.3, 0.4) is 0 Å². The van der Waals surface area contributed by atoms with Crippen LogP contribution in [0, 0.1) is 0 Å². The van der Waals surface area contributed by atoms with E-state index in [1.54, 1.807) is 6.20 Å². The maximum atomic E-state index is 11.9. The predicted octanol–water partition coefficient (Wildman–Crippen LogP) is 3.59. The number of nitrogens with two attached hydrogens (primary N) is 1. The standard InChI is InChI=1S/C20H19ClN4O2S/c21-16-4-2-1-3-14(16)17-11-28-20(24-17)15-9-12(10-23-18(15)19(22)27)25-7-5-13(26)6-8-25/h1-4,9-11,13,26H,5-8H2,(H2,22,27). The molecule has 0 radical (unpaired) electrons. The summed E-state index contributed by atoms with van der Waals surface area (Å²) in [5.41, 5.74) is 8.82. The lowest BCUT2D eigenvalue weighted by Crippen LogP contribution is -2.36. The third kappa shape index (κ3) is 3.73. The number of halogens is 1. The van der Waals surface area contributed by atoms with Gasteiger partial charge in [0.15, 0.2) is 0 Å². The number of aliphatic hydroxyl groups excluding tert-OH is 1. The van der Waals surface area contributed by atoms with Crippen molar-refractivity contribution in [1.29, 1.82) is 0 Å². The van der Waals surface area contributed by atoms with Gasteiger partial charge in [-0.2, -0.15) is 0 Å². The molecule has 6 nitrogen and oxygen atoms in total. The second-order valence-corrected chi connectivity index (χ2v) is 7.96. The Balaban J connectivity index is 1.73. The summed E-state index contributed by atoms with van der Waals surface area (Å²) in [7, 11) is 0. The monoisotopic (exact) mass is 414 g/mol. The van der Waals surface area contributed by atoms with Gasteiger partial charge in [0.1, 0.15) is 10.7 Å². The Morgan fingerprint density at radius 2 is 2.00 bits per heavy atom. The first kappa shape index (κ1) is 18.9. The van der Waals surface area contributed by atoms with E-state index in [-0.39, 0.29) is 11.8 Å². The SMILES string of the molecule is NC(=O)c1ncc(N2CCC(O)CC2)cc1-c1nc(-c2ccccc2Cl)cs1. The lowest BCUT2D eigenvalue weighted by Gasteiger charge is -2.31. The van der Waals surface area contributed by atoms with Crippen molar-refractivity contribution in [1.82, 2.24) is 9.97 Å². The number of carbonyl (C=O) groups is 1. The molecule has 3 heterocycles. The molecule has 0 unspecified atom stereocenters. The molecule has 1 fully saturated rings. The summed E-state index contributed by atoms with van der Waals surface area (Å²) < 4.78 is 0. The number of benzene rings is 1. The van der Waals surface area contributed by atoms with Crippen molar-refractivity contribution in [3.05, 3.63) is 52.6 Å². The quantitative estimate of drug-likeness (QED) is 0.680. The summed E-state index contributed by atoms with van der Waals surface area (Å²) in [4.78, 5) is 23.1. The highest BCUT2D eigenvalue weighted by Gasteiger charge is 2.21. The molecule has 0 bridgehead atoms. The predicted molar refractivity (Wildman–Crippen MR) is 112 cm³/mol. The van der Waals surface area contributed by atoms with Gasteiger partial charge in [-0.25, -0.2) is 9.97 Å². The van der Waals surface area contributed by atoms with E-state index in [0.29, 0.717) is 28.4 Å². The van der Waals surface area contributed by atoms with Crippen molar-refractivity contribution in [3.8, 4) is 21.8 Å². The van der Waals surface area contributed by atoms with E-state index in [4.69, 9.17) is 17.3 Å². The summed E-state index contributed by atoms with van der Waals surface area (Å²) in [5, 5.41) is 12.9. The van der Waals surface area contributed by atoms with E-state index in [1.807, 2.05) is 35.7 Å². The van der Waals surface area contributed by atoms with Crippen LogP contribution in [0.15, 0.2) is 41.9 Å². The summed E-state index contributed by atoms with van der Waals surface area (Å²) >= 11 is 7.70. The number of aliphatic hydroxyl groups is 1. The maximum absolute atomic E-state index is 11.9. The first-order valence-electron chi connectivity index (χ1n) is 8.96. The maximum Gasteiger partial charge on any atom is 0.268 e. The minimum atomic E-state index is -0.592. The zero-order chi connectivity index (χ0) is 19.7. The molecule has 1 aliphatic rings. The van der Waals surface area contributed by atoms with Crippen molar-refractivity contribution < 1.29 is 9.90 Å². The largest absolute Gasteiger partial charge is 0.393 e. The topological polar surface area (TPSA) is 92.3 Å². The highest BCUT2D eigenvalue weighted by Crippen LogP contribution is 2.35. The van der Waals surface area contributed by atoms with Crippen molar-refractivity contribution in [2.24, 2.45) is 5.73 Å². The number of carbonyl (C=O) groups excluding carboxylic acids is 1. The van der Waals surface area contributed by atoms with Crippen molar-refractivity contribution >= 4 is 34.5 Å². The molecule has 1 aromatic carbocycles. The summed E-state index contributed by atoms with van der Waals surface area (Å²) in [5.74, 6) is -0.592. The van der Waals surface area contributed by atoms with Gasteiger partial charge < -0.3 is 15.7 Å². The third-order valence-corrected chi connectivity index (χ3v) is 6.03. The molecule has 3 N–H and O–H groups in total. The number of amides is 1. The van der Waals surface area contributed by atoms with Crippen LogP contribution in [0.25, 0.3) is 21.8 Å². The molecule has 1 aliphatic heterocycles. The fourth-order valence-electron chi connectivity index (χ4n) is 3.30. The molecule has 4 rings (SSSR count). The molecule has 0 aliphatic carbocycles. The molecule has 0 spiro atoms. The van der Waals surface area contributed by atoms with E-state index in [0.717, 1.165) is 30.0 Å². The number of hydrogen-bond donors (Lipinski definition) is 2. The fourth-order valence-corrected chi connectivity index (χ4v) is 4.37. The highest BCUT2D eigenvalue weighted by atomic mass is 35.5. The summed E-state index contributed by atoms with van der Waals surface area (Å²) in [6.45, 7) is 1.47. The average Bonchev–Trinajstić information content (AvgIpc) is 3.18. The van der Waals surface area contributed by atoms with Gasteiger partial charge in [0.05, 0.1) is 23.7 Å². The van der Waals surface area contributed by atoms with Crippen LogP contribution in [-0.2, 0) is 0 Å². The minimum absolute atomic E-state index is 0.195. The Hall–Kier alpha value is -2.48. The zero-order valence-corrected chi connectivity index (χ0v) is 16.6. The Morgan fingerprint density at radius 3 is 2.71 bits per heavy atom. The van der Waals surface area contributed by atoms with Crippen LogP contribution in [0.4, 0.5) is 5.69 Å². The second-order valence-electron chi connectivity index (χ2n) is 6.69. The molecule has 28 heavy (non-hydrogen) atoms. The van der Waals surface area contributed by atoms with E-state index in [9.17, 15) is 9.90 Å². The number of thiazole rings is 1. The molecule has 0 atom stereocenters. The summed E-state index contributed by atoms with van der Waals surface area (Å²) in [6, 6.07) is 9.40. The van der Waals surface area contributed by atoms with Gasteiger partial charge in [0.2, 0.25) is 0 Å². The van der Waals surface area contributed by atoms with Gasteiger partial charge >= 0.3 is 0 Å². The summed E-state index contributed by atoms with van der Waals surface area (Å²) in [6.07, 6.45) is 2.82. The molecule has 2 aromatic heterocycles. The molecular formula is C20H19ClN4O2S. The first-order chi connectivity index (χ1) is 13.5. The number of rotatable bonds is 4. The normalized spacial score (nSPS) is 15.0. The lowest BCUT2D eigenvalue weighted by molar-refractivity contribution is 0.0996. The van der Waals surface area contributed by atoms with Gasteiger partial charge in [0.25, 0.3) is 5.91 Å². The molecule has 3 aromatic rings. The van der Waals surface area contributed by atoms with Crippen LogP contribution in [0.1, 0.15) is 23.3 Å². The number of aromatic nitrogens is 2. The average molecular weight is 415 g/mol. The lowest BCUT2D eigenvalue weighted by atomic mass is 10.1. The molecule has 8 heteroatoms. The van der Waals surface area contributed by atoms with E-state index in [2.05, 4.69) is 14.9 Å². The highest BCUT2D eigenvalue weighted by molar-refractivity contribution is 7.13. The molecular weight excluding hydrogens is 396 g/mol. The Labute approximate surface area is 171 Å². The van der Waals surface area contributed by atoms with Crippen LogP contribution in [0.2, 0.25) is 5.02 Å². The smallest absolute Gasteiger partial charge is 0.268 e. The van der Waals surface area contributed by atoms with Gasteiger partial charge in [0, 0.05) is 34.6 Å². The van der Waals surface area contributed by atoms with Crippen molar-refractivity contribution in [2.75, 3.05) is 18.0 Å². The number of anilines is 1. The van der Waals surface area contributed by atoms with Gasteiger partial charge in [-0.05, 0) is 25.0 Å². The van der Waals surface area contributed by atoms with Crippen LogP contribution in [0.5, 0.6) is 0 Å². The minimum Gasteiger partial charge on any atom is -0.393 e. The van der Waals surface area contributed by atoms with Crippen molar-refractivity contribution in [3.63, 3.8) is 0 Å². The van der Waals surface area contributed by atoms with Crippen LogP contribution < -0.4 is 10.6 Å². The molecule has 144 valence electrons. The number of primary amides is 1. The van der Waals surface area contributed by atoms with Gasteiger partial charge in [-0.1, -0.05) is 29.8 Å². The van der Waals surface area contributed by atoms with Gasteiger partial charge in [-0.15, -0.1) is 11.3 Å². The second kappa shape index (κ2) is 7.87. The Kier molecular flexibility index (Phi) is 5.30. The molecule has 0 saturated carbocycles. The van der Waals surface area contributed by atoms with E-state index < -0.39 is 5.91 Å². The first-order valence-corrected chi connectivity index (χ1v) is 10.2.